The van der Waals surface area contributed by atoms with E-state index in [4.69, 9.17) is 4.74 Å². The summed E-state index contributed by atoms with van der Waals surface area (Å²) in [5.41, 5.74) is 1.90. The van der Waals surface area contributed by atoms with Crippen LogP contribution in [0.3, 0.4) is 0 Å². The average molecular weight is 435 g/mol. The number of rotatable bonds is 6. The van der Waals surface area contributed by atoms with E-state index in [1.54, 1.807) is 45.2 Å². The number of thiophene rings is 2. The van der Waals surface area contributed by atoms with E-state index in [-0.39, 0.29) is 0 Å². The molecule has 0 aromatic carbocycles. The predicted octanol–water partition coefficient (Wildman–Crippen LogP) is 4.62. The van der Waals surface area contributed by atoms with E-state index in [0.717, 1.165) is 26.3 Å². The average Bonchev–Trinajstić information content (AvgIpc) is 3.26. The highest BCUT2D eigenvalue weighted by atomic mass is 32.1. The SMILES string of the molecule is Cc1c(C(O)[C@@H](C)NC(=O)OC(C)(C)C)sc2c(NCc3cccs3)cnnc12. The first-order valence-electron chi connectivity index (χ1n) is 9.34. The molecular formula is C20H26N4O3S2. The van der Waals surface area contributed by atoms with Crippen LogP contribution in [-0.2, 0) is 11.3 Å². The second-order valence-electron chi connectivity index (χ2n) is 7.84. The van der Waals surface area contributed by atoms with Crippen molar-refractivity contribution < 1.29 is 14.6 Å². The summed E-state index contributed by atoms with van der Waals surface area (Å²) in [6.07, 6.45) is 0.262. The molecule has 3 rings (SSSR count). The van der Waals surface area contributed by atoms with Crippen molar-refractivity contribution in [2.24, 2.45) is 0 Å². The quantitative estimate of drug-likeness (QED) is 0.524. The van der Waals surface area contributed by atoms with E-state index >= 15 is 0 Å². The molecule has 0 fully saturated rings. The molecule has 0 saturated carbocycles. The lowest BCUT2D eigenvalue weighted by Crippen LogP contribution is -2.40. The topological polar surface area (TPSA) is 96.4 Å². The van der Waals surface area contributed by atoms with Gasteiger partial charge in [-0.25, -0.2) is 4.79 Å². The molecule has 156 valence electrons. The second-order valence-corrected chi connectivity index (χ2v) is 9.92. The fraction of sp³-hybridized carbons (Fsp3) is 0.450. The van der Waals surface area contributed by atoms with Crippen LogP contribution in [0.1, 0.15) is 49.1 Å². The number of hydrogen-bond donors (Lipinski definition) is 3. The lowest BCUT2D eigenvalue weighted by Gasteiger charge is -2.24. The van der Waals surface area contributed by atoms with Crippen LogP contribution in [-0.4, -0.2) is 33.0 Å². The van der Waals surface area contributed by atoms with Gasteiger partial charge in [0, 0.05) is 16.3 Å². The number of fused-ring (bicyclic) bond motifs is 1. The van der Waals surface area contributed by atoms with Gasteiger partial charge in [-0.2, -0.15) is 5.10 Å². The number of aromatic nitrogens is 2. The number of alkyl carbamates (subject to hydrolysis) is 1. The summed E-state index contributed by atoms with van der Waals surface area (Å²) in [6, 6.07) is 3.57. The van der Waals surface area contributed by atoms with Crippen molar-refractivity contribution >= 4 is 44.7 Å². The Morgan fingerprint density at radius 1 is 1.38 bits per heavy atom. The first-order chi connectivity index (χ1) is 13.7. The van der Waals surface area contributed by atoms with E-state index < -0.39 is 23.8 Å². The lowest BCUT2D eigenvalue weighted by molar-refractivity contribution is 0.0438. The van der Waals surface area contributed by atoms with Gasteiger partial charge in [-0.15, -0.1) is 27.8 Å². The number of carbonyl (C=O) groups is 1. The van der Waals surface area contributed by atoms with Crippen LogP contribution >= 0.6 is 22.7 Å². The third-order valence-corrected chi connectivity index (χ3v) is 6.52. The Morgan fingerprint density at radius 3 is 2.79 bits per heavy atom. The number of nitrogens with zero attached hydrogens (tertiary/aromatic N) is 2. The largest absolute Gasteiger partial charge is 0.444 e. The number of carbonyl (C=O) groups excluding carboxylic acids is 1. The van der Waals surface area contributed by atoms with E-state index in [9.17, 15) is 9.90 Å². The Bertz CT molecular complexity index is 980. The van der Waals surface area contributed by atoms with Crippen molar-refractivity contribution in [2.45, 2.75) is 58.9 Å². The molecule has 2 atom stereocenters. The van der Waals surface area contributed by atoms with Gasteiger partial charge in [0.15, 0.2) is 0 Å². The molecule has 0 aliphatic heterocycles. The predicted molar refractivity (Wildman–Crippen MR) is 118 cm³/mol. The van der Waals surface area contributed by atoms with E-state index in [0.29, 0.717) is 6.54 Å². The van der Waals surface area contributed by atoms with Crippen molar-refractivity contribution in [1.82, 2.24) is 15.5 Å². The highest BCUT2D eigenvalue weighted by molar-refractivity contribution is 7.20. The molecule has 0 spiro atoms. The van der Waals surface area contributed by atoms with Crippen LogP contribution in [0.15, 0.2) is 23.7 Å². The summed E-state index contributed by atoms with van der Waals surface area (Å²) in [4.78, 5) is 14.0. The van der Waals surface area contributed by atoms with Crippen LogP contribution in [0.25, 0.3) is 10.2 Å². The van der Waals surface area contributed by atoms with E-state index in [1.165, 1.54) is 16.2 Å². The smallest absolute Gasteiger partial charge is 0.407 e. The van der Waals surface area contributed by atoms with E-state index in [2.05, 4.69) is 26.9 Å². The van der Waals surface area contributed by atoms with Gasteiger partial charge in [-0.05, 0) is 51.6 Å². The molecule has 9 heteroatoms. The fourth-order valence-corrected chi connectivity index (χ4v) is 4.80. The van der Waals surface area contributed by atoms with Gasteiger partial charge in [0.1, 0.15) is 17.2 Å². The first kappa shape index (κ1) is 21.5. The molecule has 0 aliphatic rings. The molecular weight excluding hydrogens is 408 g/mol. The number of aliphatic hydroxyl groups is 1. The number of amides is 1. The van der Waals surface area contributed by atoms with Gasteiger partial charge in [0.25, 0.3) is 0 Å². The maximum Gasteiger partial charge on any atom is 0.407 e. The highest BCUT2D eigenvalue weighted by Gasteiger charge is 2.26. The Hall–Kier alpha value is -2.23. The van der Waals surface area contributed by atoms with Crippen LogP contribution in [0.2, 0.25) is 0 Å². The van der Waals surface area contributed by atoms with Gasteiger partial charge in [-0.3, -0.25) is 0 Å². The van der Waals surface area contributed by atoms with Crippen molar-refractivity contribution in [1.29, 1.82) is 0 Å². The molecule has 3 aromatic rings. The Morgan fingerprint density at radius 2 is 2.14 bits per heavy atom. The molecule has 1 unspecified atom stereocenters. The number of anilines is 1. The third kappa shape index (κ3) is 5.23. The summed E-state index contributed by atoms with van der Waals surface area (Å²) in [6.45, 7) is 9.76. The Labute approximate surface area is 178 Å². The van der Waals surface area contributed by atoms with Crippen LogP contribution < -0.4 is 10.6 Å². The molecule has 3 heterocycles. The summed E-state index contributed by atoms with van der Waals surface area (Å²) < 4.78 is 6.22. The number of aryl methyl sites for hydroxylation is 1. The second kappa shape index (κ2) is 8.64. The van der Waals surface area contributed by atoms with Gasteiger partial charge < -0.3 is 20.5 Å². The third-order valence-electron chi connectivity index (χ3n) is 4.26. The van der Waals surface area contributed by atoms with Crippen molar-refractivity contribution in [3.8, 4) is 0 Å². The van der Waals surface area contributed by atoms with Gasteiger partial charge >= 0.3 is 6.09 Å². The molecule has 7 nitrogen and oxygen atoms in total. The van der Waals surface area contributed by atoms with Crippen LogP contribution in [0, 0.1) is 6.92 Å². The molecule has 3 aromatic heterocycles. The molecule has 0 saturated heterocycles. The summed E-state index contributed by atoms with van der Waals surface area (Å²) in [7, 11) is 0. The molecule has 0 bridgehead atoms. The molecule has 29 heavy (non-hydrogen) atoms. The summed E-state index contributed by atoms with van der Waals surface area (Å²) in [5, 5.41) is 27.4. The van der Waals surface area contributed by atoms with Crippen LogP contribution in [0.4, 0.5) is 10.5 Å². The lowest BCUT2D eigenvalue weighted by atomic mass is 10.1. The zero-order chi connectivity index (χ0) is 21.2. The minimum absolute atomic E-state index is 0.521. The molecule has 0 aliphatic carbocycles. The zero-order valence-corrected chi connectivity index (χ0v) is 18.8. The van der Waals surface area contributed by atoms with Gasteiger partial charge in [0.2, 0.25) is 0 Å². The van der Waals surface area contributed by atoms with Crippen molar-refractivity contribution in [3.63, 3.8) is 0 Å². The van der Waals surface area contributed by atoms with E-state index in [1.807, 2.05) is 18.4 Å². The number of ether oxygens (including phenoxy) is 1. The van der Waals surface area contributed by atoms with Gasteiger partial charge in [-0.1, -0.05) is 6.07 Å². The fourth-order valence-electron chi connectivity index (χ4n) is 2.83. The maximum absolute atomic E-state index is 12.0. The summed E-state index contributed by atoms with van der Waals surface area (Å²) >= 11 is 3.15. The minimum Gasteiger partial charge on any atom is -0.444 e. The first-order valence-corrected chi connectivity index (χ1v) is 11.0. The van der Waals surface area contributed by atoms with Gasteiger partial charge in [0.05, 0.1) is 22.6 Å². The normalized spacial score (nSPS) is 13.9. The standard InChI is InChI=1S/C20H26N4O3S2/c1-11-15-18(14(10-22-24-15)21-9-13-7-6-8-28-13)29-17(11)16(25)12(2)23-19(26)27-20(3,4)5/h6-8,10,12,16,25H,9H2,1-5H3,(H,21,24)(H,23,26)/t12-,16?/m1/s1. The number of hydrogen-bond acceptors (Lipinski definition) is 8. The number of aliphatic hydroxyl groups excluding tert-OH is 1. The Kier molecular flexibility index (Phi) is 6.40. The molecule has 0 radical (unpaired) electrons. The van der Waals surface area contributed by atoms with Crippen LogP contribution in [0.5, 0.6) is 0 Å². The monoisotopic (exact) mass is 434 g/mol. The van der Waals surface area contributed by atoms with Crippen molar-refractivity contribution in [2.75, 3.05) is 5.32 Å². The molecule has 1 amide bonds. The Balaban J connectivity index is 1.79. The maximum atomic E-state index is 12.0. The minimum atomic E-state index is -0.883. The van der Waals surface area contributed by atoms with Crippen molar-refractivity contribution in [3.05, 3.63) is 39.0 Å². The number of nitrogens with one attached hydrogen (secondary N) is 2. The molecule has 3 N–H and O–H groups in total. The zero-order valence-electron chi connectivity index (χ0n) is 17.1. The highest BCUT2D eigenvalue weighted by Crippen LogP contribution is 2.38. The summed E-state index contributed by atoms with van der Waals surface area (Å²) in [5.74, 6) is 0.